The molecule has 3 aliphatic rings. The van der Waals surface area contributed by atoms with Gasteiger partial charge in [0.1, 0.15) is 11.5 Å². The van der Waals surface area contributed by atoms with Crippen LogP contribution in [0.4, 0.5) is 0 Å². The number of carbonyl (C=O) groups excluding carboxylic acids is 1. The molecule has 2 aromatic rings. The fourth-order valence-electron chi connectivity index (χ4n) is 4.52. The molecule has 4 heterocycles. The second-order valence-corrected chi connectivity index (χ2v) is 8.03. The van der Waals surface area contributed by atoms with Crippen LogP contribution in [0.1, 0.15) is 47.7 Å². The zero-order chi connectivity index (χ0) is 18.0. The average molecular weight is 356 g/mol. The van der Waals surface area contributed by atoms with Crippen LogP contribution in [0.5, 0.6) is 0 Å². The normalized spacial score (nSPS) is 24.6. The molecule has 0 unspecified atom stereocenters. The summed E-state index contributed by atoms with van der Waals surface area (Å²) in [4.78, 5) is 27.9. The van der Waals surface area contributed by atoms with E-state index in [4.69, 9.17) is 0 Å². The third-order valence-electron chi connectivity index (χ3n) is 6.01. The minimum Gasteiger partial charge on any atom is -0.329 e. The summed E-state index contributed by atoms with van der Waals surface area (Å²) in [6.07, 6.45) is 4.97. The van der Waals surface area contributed by atoms with Gasteiger partial charge in [0.2, 0.25) is 0 Å². The van der Waals surface area contributed by atoms with Crippen LogP contribution in [-0.2, 0) is 26.6 Å². The molecule has 2 aromatic heterocycles. The van der Waals surface area contributed by atoms with Crippen LogP contribution in [0, 0.1) is 12.8 Å². The van der Waals surface area contributed by atoms with E-state index in [9.17, 15) is 9.59 Å². The van der Waals surface area contributed by atoms with Gasteiger partial charge in [-0.3, -0.25) is 14.0 Å². The highest BCUT2D eigenvalue weighted by Crippen LogP contribution is 2.33. The van der Waals surface area contributed by atoms with Gasteiger partial charge in [-0.1, -0.05) is 0 Å². The van der Waals surface area contributed by atoms with Crippen molar-refractivity contribution in [2.24, 2.45) is 13.0 Å². The maximum Gasteiger partial charge on any atom is 0.345 e. The van der Waals surface area contributed by atoms with Gasteiger partial charge < -0.3 is 4.90 Å². The maximum atomic E-state index is 13.2. The number of aryl methyl sites for hydroxylation is 2. The zero-order valence-corrected chi connectivity index (χ0v) is 15.3. The van der Waals surface area contributed by atoms with Crippen molar-refractivity contribution in [1.29, 1.82) is 0 Å². The summed E-state index contributed by atoms with van der Waals surface area (Å²) in [5.41, 5.74) is 1.45. The number of rotatable bonds is 3. The number of aromatic nitrogens is 5. The largest absolute Gasteiger partial charge is 0.345 e. The Balaban J connectivity index is 1.46. The van der Waals surface area contributed by atoms with Gasteiger partial charge in [0.25, 0.3) is 5.91 Å². The van der Waals surface area contributed by atoms with E-state index in [1.807, 2.05) is 24.9 Å². The first kappa shape index (κ1) is 15.8. The Kier molecular flexibility index (Phi) is 3.39. The van der Waals surface area contributed by atoms with Crippen LogP contribution in [0.25, 0.3) is 0 Å². The zero-order valence-electron chi connectivity index (χ0n) is 15.3. The molecule has 138 valence electrons. The van der Waals surface area contributed by atoms with Crippen LogP contribution in [0.2, 0.25) is 0 Å². The summed E-state index contributed by atoms with van der Waals surface area (Å²) in [6.45, 7) is 3.19. The summed E-state index contributed by atoms with van der Waals surface area (Å²) in [7, 11) is 1.81. The van der Waals surface area contributed by atoms with Crippen molar-refractivity contribution >= 4 is 5.91 Å². The number of amides is 1. The molecule has 8 nitrogen and oxygen atoms in total. The number of hydrogen-bond donors (Lipinski definition) is 0. The minimum absolute atomic E-state index is 0.0109. The quantitative estimate of drug-likeness (QED) is 0.812. The molecule has 8 heteroatoms. The maximum absolute atomic E-state index is 13.2. The highest BCUT2D eigenvalue weighted by atomic mass is 16.2. The standard InChI is InChI=1S/C18H24N6O2/c1-11-7-15(21(2)19-11)17(25)24-13-5-6-14(24)10-22-16(8-13)20-23(18(22)26)9-12-3-4-12/h7,12-14H,3-6,8-10H2,1-2H3/t13-,14+/m0/s1. The lowest BCUT2D eigenvalue weighted by molar-refractivity contribution is 0.0653. The fraction of sp³-hybridized carbons (Fsp3) is 0.667. The molecule has 2 bridgehead atoms. The first-order chi connectivity index (χ1) is 12.5. The summed E-state index contributed by atoms with van der Waals surface area (Å²) < 4.78 is 5.11. The van der Waals surface area contributed by atoms with Crippen molar-refractivity contribution in [3.05, 3.63) is 33.8 Å². The summed E-state index contributed by atoms with van der Waals surface area (Å²) in [5.74, 6) is 1.47. The molecule has 2 fully saturated rings. The lowest BCUT2D eigenvalue weighted by atomic mass is 10.1. The Morgan fingerprint density at radius 1 is 1.19 bits per heavy atom. The molecular weight excluding hydrogens is 332 g/mol. The number of carbonyl (C=O) groups is 1. The predicted molar refractivity (Wildman–Crippen MR) is 93.8 cm³/mol. The Hall–Kier alpha value is -2.38. The molecule has 2 atom stereocenters. The van der Waals surface area contributed by atoms with Gasteiger partial charge in [-0.05, 0) is 44.6 Å². The third-order valence-corrected chi connectivity index (χ3v) is 6.01. The van der Waals surface area contributed by atoms with Gasteiger partial charge in [-0.2, -0.15) is 10.2 Å². The molecule has 0 N–H and O–H groups in total. The predicted octanol–water partition coefficient (Wildman–Crippen LogP) is 0.726. The second kappa shape index (κ2) is 5.56. The monoisotopic (exact) mass is 356 g/mol. The van der Waals surface area contributed by atoms with Crippen molar-refractivity contribution in [3.8, 4) is 0 Å². The summed E-state index contributed by atoms with van der Waals surface area (Å²) in [5, 5.41) is 8.92. The van der Waals surface area contributed by atoms with Crippen LogP contribution in [-0.4, -0.2) is 47.0 Å². The molecule has 1 amide bonds. The van der Waals surface area contributed by atoms with Gasteiger partial charge in [-0.25, -0.2) is 9.48 Å². The van der Waals surface area contributed by atoms with Crippen molar-refractivity contribution in [1.82, 2.24) is 29.0 Å². The Bertz CT molecular complexity index is 934. The fourth-order valence-corrected chi connectivity index (χ4v) is 4.52. The molecule has 1 saturated carbocycles. The molecule has 5 rings (SSSR count). The van der Waals surface area contributed by atoms with E-state index in [1.54, 1.807) is 13.9 Å². The van der Waals surface area contributed by atoms with Crippen molar-refractivity contribution < 1.29 is 4.79 Å². The van der Waals surface area contributed by atoms with Crippen LogP contribution in [0.3, 0.4) is 0 Å². The average Bonchev–Trinajstić information content (AvgIpc) is 3.18. The van der Waals surface area contributed by atoms with Crippen LogP contribution < -0.4 is 5.69 Å². The van der Waals surface area contributed by atoms with E-state index in [2.05, 4.69) is 10.2 Å². The van der Waals surface area contributed by atoms with E-state index in [0.717, 1.165) is 30.9 Å². The Labute approximate surface area is 151 Å². The minimum atomic E-state index is -0.0109. The lowest BCUT2D eigenvalue weighted by Gasteiger charge is -2.27. The van der Waals surface area contributed by atoms with Crippen molar-refractivity contribution in [3.63, 3.8) is 0 Å². The van der Waals surface area contributed by atoms with E-state index in [-0.39, 0.29) is 23.7 Å². The van der Waals surface area contributed by atoms with Crippen LogP contribution in [0.15, 0.2) is 10.9 Å². The lowest BCUT2D eigenvalue weighted by Crippen LogP contribution is -2.43. The molecule has 1 saturated heterocycles. The first-order valence-electron chi connectivity index (χ1n) is 9.51. The highest BCUT2D eigenvalue weighted by Gasteiger charge is 2.42. The van der Waals surface area contributed by atoms with Crippen LogP contribution >= 0.6 is 0 Å². The topological polar surface area (TPSA) is 78.0 Å². The Morgan fingerprint density at radius 3 is 2.65 bits per heavy atom. The Morgan fingerprint density at radius 2 is 1.96 bits per heavy atom. The molecule has 1 aliphatic carbocycles. The molecule has 0 spiro atoms. The first-order valence-corrected chi connectivity index (χ1v) is 9.51. The van der Waals surface area contributed by atoms with E-state index < -0.39 is 0 Å². The number of fused-ring (bicyclic) bond motifs is 3. The number of hydrogen-bond acceptors (Lipinski definition) is 4. The van der Waals surface area contributed by atoms with Gasteiger partial charge in [0, 0.05) is 32.6 Å². The van der Waals surface area contributed by atoms with E-state index in [0.29, 0.717) is 24.6 Å². The third kappa shape index (κ3) is 2.42. The van der Waals surface area contributed by atoms with Crippen molar-refractivity contribution in [2.75, 3.05) is 0 Å². The van der Waals surface area contributed by atoms with Crippen molar-refractivity contribution in [2.45, 2.75) is 64.2 Å². The molecule has 2 aliphatic heterocycles. The van der Waals surface area contributed by atoms with Gasteiger partial charge in [-0.15, -0.1) is 0 Å². The number of nitrogens with zero attached hydrogens (tertiary/aromatic N) is 6. The van der Waals surface area contributed by atoms with Gasteiger partial charge >= 0.3 is 5.69 Å². The molecular formula is C18H24N6O2. The highest BCUT2D eigenvalue weighted by molar-refractivity contribution is 5.93. The molecule has 26 heavy (non-hydrogen) atoms. The molecule has 0 radical (unpaired) electrons. The second-order valence-electron chi connectivity index (χ2n) is 8.03. The SMILES string of the molecule is Cc1cc(C(=O)N2[C@@H]3CC[C@H]2Cc2nn(CC4CC4)c(=O)n2C3)n(C)n1. The summed E-state index contributed by atoms with van der Waals surface area (Å²) in [6, 6.07) is 2.01. The smallest absolute Gasteiger partial charge is 0.329 e. The van der Waals surface area contributed by atoms with E-state index >= 15 is 0 Å². The molecule has 0 aromatic carbocycles. The van der Waals surface area contributed by atoms with Gasteiger partial charge in [0.05, 0.1) is 11.7 Å². The van der Waals surface area contributed by atoms with Gasteiger partial charge in [0.15, 0.2) is 0 Å². The van der Waals surface area contributed by atoms with E-state index in [1.165, 1.54) is 12.8 Å². The summed E-state index contributed by atoms with van der Waals surface area (Å²) >= 11 is 0.